The second kappa shape index (κ2) is 11.0. The molecular formula is C24H26F3N3O6S. The zero-order valence-electron chi connectivity index (χ0n) is 20.2. The summed E-state index contributed by atoms with van der Waals surface area (Å²) in [6.07, 6.45) is -2.12. The summed E-state index contributed by atoms with van der Waals surface area (Å²) in [6.45, 7) is 1.02. The minimum Gasteiger partial charge on any atom is -0.497 e. The molecule has 1 aliphatic heterocycles. The fourth-order valence-electron chi connectivity index (χ4n) is 3.79. The van der Waals surface area contributed by atoms with Crippen LogP contribution in [0.4, 0.5) is 24.7 Å². The number of hydrogen-bond donors (Lipinski definition) is 1. The number of hydrogen-bond acceptors (Lipinski definition) is 9. The first-order valence-corrected chi connectivity index (χ1v) is 13.2. The molecule has 4 rings (SSSR count). The number of ether oxygens (including phenoxy) is 4. The van der Waals surface area contributed by atoms with E-state index in [4.69, 9.17) is 18.9 Å². The van der Waals surface area contributed by atoms with Crippen molar-refractivity contribution in [2.75, 3.05) is 38.0 Å². The number of aromatic nitrogens is 2. The average molecular weight is 542 g/mol. The standard InChI is InChI=1S/C24H26F3N3O6S/c1-3-37(31,32)17-4-5-20(35-13-24(25,26)27)18(12-17)30-23-22-19(28-14-29-23)10-16(33-2)11-21(22)36-15-6-8-34-9-7-15/h4-5,10-12,14-15H,3,6-9,13H2,1-2H3,(H,28,29,30). The lowest BCUT2D eigenvalue weighted by Gasteiger charge is -2.24. The van der Waals surface area contributed by atoms with Gasteiger partial charge in [-0.25, -0.2) is 18.4 Å². The molecule has 2 heterocycles. The average Bonchev–Trinajstić information content (AvgIpc) is 2.87. The molecule has 0 bridgehead atoms. The van der Waals surface area contributed by atoms with Gasteiger partial charge in [-0.3, -0.25) is 0 Å². The number of halogens is 3. The lowest BCUT2D eigenvalue weighted by molar-refractivity contribution is -0.153. The van der Waals surface area contributed by atoms with Crippen LogP contribution in [0.25, 0.3) is 10.9 Å². The zero-order chi connectivity index (χ0) is 26.6. The third kappa shape index (κ3) is 6.52. The third-order valence-electron chi connectivity index (χ3n) is 5.71. The van der Waals surface area contributed by atoms with E-state index in [0.717, 1.165) is 0 Å². The number of methoxy groups -OCH3 is 1. The quantitative estimate of drug-likeness (QED) is 0.413. The minimum absolute atomic E-state index is 0.00777. The van der Waals surface area contributed by atoms with Crippen molar-refractivity contribution in [3.05, 3.63) is 36.7 Å². The molecule has 0 amide bonds. The van der Waals surface area contributed by atoms with Crippen molar-refractivity contribution in [3.63, 3.8) is 0 Å². The second-order valence-corrected chi connectivity index (χ2v) is 10.5. The van der Waals surface area contributed by atoms with Crippen LogP contribution in [0.2, 0.25) is 0 Å². The first-order valence-electron chi connectivity index (χ1n) is 11.5. The Labute approximate surface area is 211 Å². The number of fused-ring (bicyclic) bond motifs is 1. The second-order valence-electron chi connectivity index (χ2n) is 8.26. The highest BCUT2D eigenvalue weighted by molar-refractivity contribution is 7.91. The van der Waals surface area contributed by atoms with Crippen LogP contribution in [0.3, 0.4) is 0 Å². The van der Waals surface area contributed by atoms with Crippen molar-refractivity contribution in [2.24, 2.45) is 0 Å². The Morgan fingerprint density at radius 2 is 1.86 bits per heavy atom. The van der Waals surface area contributed by atoms with Gasteiger partial charge in [0.1, 0.15) is 35.5 Å². The summed E-state index contributed by atoms with van der Waals surface area (Å²) in [5.41, 5.74) is 0.445. The molecule has 1 aliphatic rings. The van der Waals surface area contributed by atoms with E-state index in [2.05, 4.69) is 15.3 Å². The summed E-state index contributed by atoms with van der Waals surface area (Å²) in [5, 5.41) is 3.39. The van der Waals surface area contributed by atoms with Crippen LogP contribution < -0.4 is 19.5 Å². The van der Waals surface area contributed by atoms with Crippen molar-refractivity contribution < 1.29 is 40.5 Å². The molecule has 0 aliphatic carbocycles. The smallest absolute Gasteiger partial charge is 0.422 e. The SMILES string of the molecule is CCS(=O)(=O)c1ccc(OCC(F)(F)F)c(Nc2ncnc3cc(OC)cc(OC4CCOCC4)c23)c1. The van der Waals surface area contributed by atoms with E-state index >= 15 is 0 Å². The molecule has 3 aromatic rings. The summed E-state index contributed by atoms with van der Waals surface area (Å²) in [7, 11) is -2.15. The van der Waals surface area contributed by atoms with Crippen molar-refractivity contribution in [1.29, 1.82) is 0 Å². The molecular weight excluding hydrogens is 515 g/mol. The Kier molecular flexibility index (Phi) is 7.93. The van der Waals surface area contributed by atoms with Crippen LogP contribution in [0.5, 0.6) is 17.2 Å². The molecule has 1 N–H and O–H groups in total. The summed E-state index contributed by atoms with van der Waals surface area (Å²) in [4.78, 5) is 8.50. The molecule has 0 unspecified atom stereocenters. The van der Waals surface area contributed by atoms with E-state index in [1.54, 1.807) is 12.1 Å². The molecule has 200 valence electrons. The predicted molar refractivity (Wildman–Crippen MR) is 130 cm³/mol. The predicted octanol–water partition coefficient (Wildman–Crippen LogP) is 4.67. The molecule has 37 heavy (non-hydrogen) atoms. The first-order chi connectivity index (χ1) is 17.6. The van der Waals surface area contributed by atoms with Gasteiger partial charge < -0.3 is 24.3 Å². The normalized spacial score (nSPS) is 14.9. The molecule has 13 heteroatoms. The van der Waals surface area contributed by atoms with Crippen LogP contribution in [0.15, 0.2) is 41.6 Å². The van der Waals surface area contributed by atoms with Gasteiger partial charge >= 0.3 is 6.18 Å². The number of sulfone groups is 1. The third-order valence-corrected chi connectivity index (χ3v) is 7.44. The van der Waals surface area contributed by atoms with E-state index in [1.807, 2.05) is 0 Å². The van der Waals surface area contributed by atoms with E-state index in [1.165, 1.54) is 38.6 Å². The molecule has 1 aromatic heterocycles. The molecule has 0 spiro atoms. The van der Waals surface area contributed by atoms with Gasteiger partial charge in [0.15, 0.2) is 16.4 Å². The van der Waals surface area contributed by atoms with Crippen LogP contribution in [0.1, 0.15) is 19.8 Å². The summed E-state index contributed by atoms with van der Waals surface area (Å²) >= 11 is 0. The molecule has 1 fully saturated rings. The maximum Gasteiger partial charge on any atom is 0.422 e. The van der Waals surface area contributed by atoms with Gasteiger partial charge in [-0.05, 0) is 18.2 Å². The highest BCUT2D eigenvalue weighted by Crippen LogP contribution is 2.39. The maximum absolute atomic E-state index is 12.9. The molecule has 0 radical (unpaired) electrons. The van der Waals surface area contributed by atoms with Crippen LogP contribution in [-0.4, -0.2) is 63.3 Å². The number of anilines is 2. The fourth-order valence-corrected chi connectivity index (χ4v) is 4.69. The van der Waals surface area contributed by atoms with Crippen LogP contribution >= 0.6 is 0 Å². The highest BCUT2D eigenvalue weighted by atomic mass is 32.2. The van der Waals surface area contributed by atoms with E-state index in [-0.39, 0.29) is 34.0 Å². The van der Waals surface area contributed by atoms with Gasteiger partial charge in [0, 0.05) is 25.0 Å². The lowest BCUT2D eigenvalue weighted by atomic mass is 10.1. The summed E-state index contributed by atoms with van der Waals surface area (Å²) in [5.74, 6) is 0.704. The lowest BCUT2D eigenvalue weighted by Crippen LogP contribution is -2.26. The fraction of sp³-hybridized carbons (Fsp3) is 0.417. The summed E-state index contributed by atoms with van der Waals surface area (Å²) < 4.78 is 85.6. The minimum atomic E-state index is -4.59. The molecule has 0 atom stereocenters. The molecule has 1 saturated heterocycles. The van der Waals surface area contributed by atoms with E-state index in [9.17, 15) is 21.6 Å². The Hall–Kier alpha value is -3.32. The number of benzene rings is 2. The van der Waals surface area contributed by atoms with Crippen molar-refractivity contribution >= 4 is 32.2 Å². The number of nitrogens with one attached hydrogen (secondary N) is 1. The highest BCUT2D eigenvalue weighted by Gasteiger charge is 2.29. The van der Waals surface area contributed by atoms with Gasteiger partial charge in [0.2, 0.25) is 0 Å². The van der Waals surface area contributed by atoms with Gasteiger partial charge in [-0.15, -0.1) is 0 Å². The van der Waals surface area contributed by atoms with Crippen LogP contribution in [-0.2, 0) is 14.6 Å². The Morgan fingerprint density at radius 3 is 2.54 bits per heavy atom. The van der Waals surface area contributed by atoms with Gasteiger partial charge in [0.25, 0.3) is 0 Å². The van der Waals surface area contributed by atoms with E-state index < -0.39 is 22.6 Å². The van der Waals surface area contributed by atoms with Gasteiger partial charge in [0.05, 0.1) is 47.6 Å². The monoisotopic (exact) mass is 541 g/mol. The zero-order valence-corrected chi connectivity index (χ0v) is 21.0. The largest absolute Gasteiger partial charge is 0.497 e. The number of nitrogens with zero attached hydrogens (tertiary/aromatic N) is 2. The molecule has 2 aromatic carbocycles. The number of rotatable bonds is 9. The van der Waals surface area contributed by atoms with Crippen LogP contribution in [0, 0.1) is 0 Å². The van der Waals surface area contributed by atoms with E-state index in [0.29, 0.717) is 48.5 Å². The van der Waals surface area contributed by atoms with Crippen molar-refractivity contribution in [1.82, 2.24) is 9.97 Å². The molecule has 0 saturated carbocycles. The van der Waals surface area contributed by atoms with Gasteiger partial charge in [-0.2, -0.15) is 13.2 Å². The first kappa shape index (κ1) is 26.7. The Morgan fingerprint density at radius 1 is 1.11 bits per heavy atom. The summed E-state index contributed by atoms with van der Waals surface area (Å²) in [6, 6.07) is 6.95. The molecule has 9 nitrogen and oxygen atoms in total. The Balaban J connectivity index is 1.80. The van der Waals surface area contributed by atoms with Crippen molar-refractivity contribution in [2.45, 2.75) is 36.9 Å². The Bertz CT molecular complexity index is 1360. The number of alkyl halides is 3. The topological polar surface area (TPSA) is 109 Å². The maximum atomic E-state index is 12.9. The van der Waals surface area contributed by atoms with Gasteiger partial charge in [-0.1, -0.05) is 6.92 Å². The van der Waals surface area contributed by atoms with Crippen molar-refractivity contribution in [3.8, 4) is 17.2 Å².